The van der Waals surface area contributed by atoms with Crippen LogP contribution in [-0.4, -0.2) is 10.8 Å². The molecule has 5 nitrogen and oxygen atoms in total. The lowest BCUT2D eigenvalue weighted by atomic mass is 10.0. The molecule has 0 fully saturated rings. The standard InChI is InChI=1S/C22H15F3N2O3/c23-22(24,25)19-8-4-5-9-20(19)26-21(28)18(16-6-2-1-3-7-16)14-15-10-12-17(13-11-15)27(29)30/h1-14H,(H,26,28)/b18-14+. The van der Waals surface area contributed by atoms with Crippen LogP contribution in [0.4, 0.5) is 24.5 Å². The molecule has 0 aromatic heterocycles. The van der Waals surface area contributed by atoms with Crippen molar-refractivity contribution in [2.75, 3.05) is 5.32 Å². The third-order valence-electron chi connectivity index (χ3n) is 4.22. The lowest BCUT2D eigenvalue weighted by molar-refractivity contribution is -0.384. The highest BCUT2D eigenvalue weighted by Gasteiger charge is 2.33. The van der Waals surface area contributed by atoms with Crippen LogP contribution in [-0.2, 0) is 11.0 Å². The molecule has 0 bridgehead atoms. The zero-order valence-electron chi connectivity index (χ0n) is 15.4. The number of nitrogens with one attached hydrogen (secondary N) is 1. The highest BCUT2D eigenvalue weighted by Crippen LogP contribution is 2.35. The molecule has 1 amide bonds. The van der Waals surface area contributed by atoms with Gasteiger partial charge in [0, 0.05) is 17.7 Å². The van der Waals surface area contributed by atoms with Gasteiger partial charge in [0.1, 0.15) is 0 Å². The highest BCUT2D eigenvalue weighted by atomic mass is 19.4. The summed E-state index contributed by atoms with van der Waals surface area (Å²) in [6, 6.07) is 18.6. The first-order valence-corrected chi connectivity index (χ1v) is 8.75. The van der Waals surface area contributed by atoms with Gasteiger partial charge in [0.2, 0.25) is 0 Å². The Balaban J connectivity index is 2.00. The van der Waals surface area contributed by atoms with Crippen LogP contribution in [0.1, 0.15) is 16.7 Å². The Bertz CT molecular complexity index is 1090. The van der Waals surface area contributed by atoms with Gasteiger partial charge in [-0.2, -0.15) is 13.2 Å². The molecule has 3 aromatic rings. The van der Waals surface area contributed by atoms with E-state index in [9.17, 15) is 28.1 Å². The van der Waals surface area contributed by atoms with Crippen molar-refractivity contribution in [1.29, 1.82) is 0 Å². The van der Waals surface area contributed by atoms with Crippen LogP contribution in [0.5, 0.6) is 0 Å². The number of halogens is 3. The second kappa shape index (κ2) is 8.60. The van der Waals surface area contributed by atoms with Crippen LogP contribution in [0, 0.1) is 10.1 Å². The number of alkyl halides is 3. The van der Waals surface area contributed by atoms with Crippen LogP contribution >= 0.6 is 0 Å². The van der Waals surface area contributed by atoms with E-state index in [0.717, 1.165) is 6.07 Å². The zero-order chi connectivity index (χ0) is 21.7. The molecule has 0 aliphatic rings. The monoisotopic (exact) mass is 412 g/mol. The van der Waals surface area contributed by atoms with Crippen molar-refractivity contribution in [3.05, 3.63) is 106 Å². The molecule has 0 unspecified atom stereocenters. The van der Waals surface area contributed by atoms with Crippen LogP contribution in [0.2, 0.25) is 0 Å². The summed E-state index contributed by atoms with van der Waals surface area (Å²) in [5, 5.41) is 13.1. The number of para-hydroxylation sites is 1. The van der Waals surface area contributed by atoms with Crippen molar-refractivity contribution in [2.45, 2.75) is 6.18 Å². The van der Waals surface area contributed by atoms with Gasteiger partial charge in [-0.05, 0) is 41.5 Å². The maximum atomic E-state index is 13.3. The smallest absolute Gasteiger partial charge is 0.321 e. The molecular formula is C22H15F3N2O3. The van der Waals surface area contributed by atoms with Crippen molar-refractivity contribution in [3.8, 4) is 0 Å². The summed E-state index contributed by atoms with van der Waals surface area (Å²) < 4.78 is 39.8. The summed E-state index contributed by atoms with van der Waals surface area (Å²) in [5.74, 6) is -0.740. The predicted molar refractivity (Wildman–Crippen MR) is 107 cm³/mol. The Morgan fingerprint density at radius 2 is 1.50 bits per heavy atom. The number of non-ortho nitro benzene ring substituents is 1. The van der Waals surface area contributed by atoms with Crippen molar-refractivity contribution >= 4 is 28.9 Å². The molecule has 3 rings (SSSR count). The third-order valence-corrected chi connectivity index (χ3v) is 4.22. The number of carbonyl (C=O) groups excluding carboxylic acids is 1. The Labute approximate surface area is 169 Å². The van der Waals surface area contributed by atoms with Crippen LogP contribution < -0.4 is 5.32 Å². The number of hydrogen-bond acceptors (Lipinski definition) is 3. The number of nitro groups is 1. The second-order valence-corrected chi connectivity index (χ2v) is 6.27. The fourth-order valence-electron chi connectivity index (χ4n) is 2.79. The summed E-state index contributed by atoms with van der Waals surface area (Å²) in [4.78, 5) is 23.2. The third kappa shape index (κ3) is 4.91. The summed E-state index contributed by atoms with van der Waals surface area (Å²) in [7, 11) is 0. The van der Waals surface area contributed by atoms with E-state index < -0.39 is 22.6 Å². The summed E-state index contributed by atoms with van der Waals surface area (Å²) >= 11 is 0. The van der Waals surface area contributed by atoms with Crippen LogP contribution in [0.25, 0.3) is 11.6 Å². The van der Waals surface area contributed by atoms with E-state index >= 15 is 0 Å². The normalized spacial score (nSPS) is 11.8. The number of carbonyl (C=O) groups is 1. The van der Waals surface area contributed by atoms with Gasteiger partial charge in [0.25, 0.3) is 11.6 Å². The van der Waals surface area contributed by atoms with E-state index in [1.54, 1.807) is 30.3 Å². The van der Waals surface area contributed by atoms with Gasteiger partial charge in [0.05, 0.1) is 16.2 Å². The lowest BCUT2D eigenvalue weighted by Gasteiger charge is -2.15. The molecule has 30 heavy (non-hydrogen) atoms. The SMILES string of the molecule is O=C(Nc1ccccc1C(F)(F)F)/C(=C/c1ccc([N+](=O)[O-])cc1)c1ccccc1. The number of amides is 1. The van der Waals surface area contributed by atoms with E-state index in [1.165, 1.54) is 48.5 Å². The first kappa shape index (κ1) is 20.8. The average Bonchev–Trinajstić information content (AvgIpc) is 2.72. The lowest BCUT2D eigenvalue weighted by Crippen LogP contribution is -2.17. The summed E-state index contributed by atoms with van der Waals surface area (Å²) in [6.07, 6.45) is -3.16. The molecule has 0 radical (unpaired) electrons. The number of nitro benzene ring substituents is 1. The Morgan fingerprint density at radius 3 is 2.10 bits per heavy atom. The van der Waals surface area contributed by atoms with Gasteiger partial charge in [-0.1, -0.05) is 42.5 Å². The summed E-state index contributed by atoms with van der Waals surface area (Å²) in [6.45, 7) is 0. The van der Waals surface area contributed by atoms with Crippen molar-refractivity contribution in [2.24, 2.45) is 0 Å². The minimum atomic E-state index is -4.63. The molecule has 0 spiro atoms. The van der Waals surface area contributed by atoms with E-state index in [4.69, 9.17) is 0 Å². The molecule has 0 saturated carbocycles. The number of nitrogens with zero attached hydrogens (tertiary/aromatic N) is 1. The highest BCUT2D eigenvalue weighted by molar-refractivity contribution is 6.29. The average molecular weight is 412 g/mol. The van der Waals surface area contributed by atoms with Crippen molar-refractivity contribution < 1.29 is 22.9 Å². The van der Waals surface area contributed by atoms with Gasteiger partial charge in [-0.3, -0.25) is 14.9 Å². The first-order valence-electron chi connectivity index (χ1n) is 8.75. The van der Waals surface area contributed by atoms with Crippen molar-refractivity contribution in [3.63, 3.8) is 0 Å². The van der Waals surface area contributed by atoms with Crippen molar-refractivity contribution in [1.82, 2.24) is 0 Å². The quantitative estimate of drug-likeness (QED) is 0.249. The van der Waals surface area contributed by atoms with E-state index in [1.807, 2.05) is 0 Å². The van der Waals surface area contributed by atoms with Gasteiger partial charge in [-0.15, -0.1) is 0 Å². The van der Waals surface area contributed by atoms with Gasteiger partial charge < -0.3 is 5.32 Å². The van der Waals surface area contributed by atoms with Gasteiger partial charge in [-0.25, -0.2) is 0 Å². The molecule has 0 saturated heterocycles. The van der Waals surface area contributed by atoms with E-state index in [-0.39, 0.29) is 16.9 Å². The molecule has 0 aliphatic carbocycles. The molecule has 0 heterocycles. The zero-order valence-corrected chi connectivity index (χ0v) is 15.4. The van der Waals surface area contributed by atoms with E-state index in [2.05, 4.69) is 5.32 Å². The topological polar surface area (TPSA) is 72.2 Å². The molecule has 8 heteroatoms. The molecule has 152 valence electrons. The van der Waals surface area contributed by atoms with Crippen LogP contribution in [0.3, 0.4) is 0 Å². The maximum absolute atomic E-state index is 13.3. The number of anilines is 1. The molecule has 1 N–H and O–H groups in total. The fourth-order valence-corrected chi connectivity index (χ4v) is 2.79. The maximum Gasteiger partial charge on any atom is 0.418 e. The minimum absolute atomic E-state index is 0.112. The number of benzene rings is 3. The van der Waals surface area contributed by atoms with Gasteiger partial charge in [0.15, 0.2) is 0 Å². The second-order valence-electron chi connectivity index (χ2n) is 6.27. The van der Waals surface area contributed by atoms with Crippen LogP contribution in [0.15, 0.2) is 78.9 Å². The van der Waals surface area contributed by atoms with E-state index in [0.29, 0.717) is 11.1 Å². The first-order chi connectivity index (χ1) is 14.3. The Morgan fingerprint density at radius 1 is 0.900 bits per heavy atom. The number of rotatable bonds is 5. The van der Waals surface area contributed by atoms with Gasteiger partial charge >= 0.3 is 6.18 Å². The minimum Gasteiger partial charge on any atom is -0.321 e. The Kier molecular flexibility index (Phi) is 5.96. The molecular weight excluding hydrogens is 397 g/mol. The summed E-state index contributed by atoms with van der Waals surface area (Å²) in [5.41, 5.74) is -0.350. The number of hydrogen-bond donors (Lipinski definition) is 1. The predicted octanol–water partition coefficient (Wildman–Crippen LogP) is 5.79. The fraction of sp³-hybridized carbons (Fsp3) is 0.0455. The molecule has 3 aromatic carbocycles. The Hall–Kier alpha value is -3.94. The molecule has 0 atom stereocenters. The molecule has 0 aliphatic heterocycles. The largest absolute Gasteiger partial charge is 0.418 e.